The van der Waals surface area contributed by atoms with Gasteiger partial charge in [-0.2, -0.15) is 0 Å². The van der Waals surface area contributed by atoms with Gasteiger partial charge in [-0.1, -0.05) is 0 Å². The average molecular weight is 211 g/mol. The molecular formula is C9H17N5O. The molecule has 5 N–H and O–H groups in total. The maximum atomic E-state index is 9.35. The first-order valence-corrected chi connectivity index (χ1v) is 5.22. The van der Waals surface area contributed by atoms with E-state index in [1.807, 2.05) is 0 Å². The van der Waals surface area contributed by atoms with Gasteiger partial charge in [0.1, 0.15) is 11.7 Å². The van der Waals surface area contributed by atoms with Crippen molar-refractivity contribution in [3.05, 3.63) is 11.9 Å². The Kier molecular flexibility index (Phi) is 2.79. The van der Waals surface area contributed by atoms with E-state index in [4.69, 9.17) is 11.5 Å². The molecule has 2 heterocycles. The van der Waals surface area contributed by atoms with Crippen molar-refractivity contribution in [2.24, 2.45) is 16.5 Å². The lowest BCUT2D eigenvalue weighted by Gasteiger charge is -2.33. The van der Waals surface area contributed by atoms with E-state index in [-0.39, 0.29) is 5.82 Å². The Morgan fingerprint density at radius 1 is 1.33 bits per heavy atom. The molecule has 6 nitrogen and oxygen atoms in total. The van der Waals surface area contributed by atoms with Crippen molar-refractivity contribution >= 4 is 5.84 Å². The molecule has 0 aromatic heterocycles. The topological polar surface area (TPSA) is 91.1 Å². The smallest absolute Gasteiger partial charge is 0.201 e. The Bertz CT molecular complexity index is 295. The quantitative estimate of drug-likeness (QED) is 0.508. The summed E-state index contributed by atoms with van der Waals surface area (Å²) in [4.78, 5) is 6.33. The minimum atomic E-state index is -0.785. The molecule has 2 aliphatic rings. The zero-order valence-corrected chi connectivity index (χ0v) is 8.63. The van der Waals surface area contributed by atoms with Crippen LogP contribution in [-0.4, -0.2) is 40.4 Å². The lowest BCUT2D eigenvalue weighted by molar-refractivity contribution is -0.0916. The number of amidine groups is 1. The highest BCUT2D eigenvalue weighted by Gasteiger charge is 2.22. The van der Waals surface area contributed by atoms with Gasteiger partial charge in [-0.15, -0.1) is 0 Å². The Balaban J connectivity index is 2.12. The standard InChI is InChI=1S/C9H17N5O/c10-7-6-8(12-9(11)14(7)15)13-4-2-1-3-5-13/h6,9,15H,1-5,10-11H2. The summed E-state index contributed by atoms with van der Waals surface area (Å²) in [5.74, 6) is 1.03. The van der Waals surface area contributed by atoms with Crippen LogP contribution in [0, 0.1) is 0 Å². The van der Waals surface area contributed by atoms with Crippen molar-refractivity contribution < 1.29 is 5.21 Å². The molecule has 0 aliphatic carbocycles. The fourth-order valence-electron chi connectivity index (χ4n) is 1.87. The zero-order valence-electron chi connectivity index (χ0n) is 8.63. The molecule has 1 saturated heterocycles. The molecule has 1 unspecified atom stereocenters. The third kappa shape index (κ3) is 2.05. The number of piperidine rings is 1. The summed E-state index contributed by atoms with van der Waals surface area (Å²) in [6.07, 6.45) is 4.48. The first kappa shape index (κ1) is 10.3. The maximum Gasteiger partial charge on any atom is 0.201 e. The molecule has 1 fully saturated rings. The van der Waals surface area contributed by atoms with E-state index in [9.17, 15) is 5.21 Å². The van der Waals surface area contributed by atoms with Gasteiger partial charge in [0.15, 0.2) is 0 Å². The SMILES string of the molecule is NC1=CC(N2CCCCC2)=NC(N)N1O. The van der Waals surface area contributed by atoms with Crippen LogP contribution in [0.15, 0.2) is 16.9 Å². The second-order valence-corrected chi connectivity index (χ2v) is 3.86. The summed E-state index contributed by atoms with van der Waals surface area (Å²) >= 11 is 0. The summed E-state index contributed by atoms with van der Waals surface area (Å²) in [5, 5.41) is 10.1. The van der Waals surface area contributed by atoms with E-state index in [0.29, 0.717) is 0 Å². The van der Waals surface area contributed by atoms with Gasteiger partial charge in [-0.05, 0) is 19.3 Å². The first-order valence-electron chi connectivity index (χ1n) is 5.22. The second kappa shape index (κ2) is 4.08. The monoisotopic (exact) mass is 211 g/mol. The molecule has 0 aromatic carbocycles. The van der Waals surface area contributed by atoms with Crippen LogP contribution in [0.3, 0.4) is 0 Å². The lowest BCUT2D eigenvalue weighted by atomic mass is 10.1. The molecule has 0 amide bonds. The first-order chi connectivity index (χ1) is 7.18. The van der Waals surface area contributed by atoms with Gasteiger partial charge in [-0.3, -0.25) is 10.9 Å². The van der Waals surface area contributed by atoms with E-state index in [1.165, 1.54) is 19.3 Å². The number of nitrogens with zero attached hydrogens (tertiary/aromatic N) is 3. The third-order valence-corrected chi connectivity index (χ3v) is 2.74. The molecule has 2 aliphatic heterocycles. The normalized spacial score (nSPS) is 27.5. The largest absolute Gasteiger partial charge is 0.383 e. The van der Waals surface area contributed by atoms with Crippen molar-refractivity contribution in [2.75, 3.05) is 13.1 Å². The van der Waals surface area contributed by atoms with Crippen molar-refractivity contribution in [3.8, 4) is 0 Å². The van der Waals surface area contributed by atoms with E-state index in [2.05, 4.69) is 9.89 Å². The molecule has 0 spiro atoms. The summed E-state index contributed by atoms with van der Waals surface area (Å²) in [7, 11) is 0. The Hall–Kier alpha value is -1.27. The molecule has 0 bridgehead atoms. The van der Waals surface area contributed by atoms with Crippen molar-refractivity contribution in [1.29, 1.82) is 0 Å². The van der Waals surface area contributed by atoms with Crippen molar-refractivity contribution in [2.45, 2.75) is 25.6 Å². The molecule has 0 aromatic rings. The highest BCUT2D eigenvalue weighted by Crippen LogP contribution is 2.14. The van der Waals surface area contributed by atoms with E-state index >= 15 is 0 Å². The van der Waals surface area contributed by atoms with E-state index < -0.39 is 6.29 Å². The third-order valence-electron chi connectivity index (χ3n) is 2.74. The number of rotatable bonds is 0. The zero-order chi connectivity index (χ0) is 10.8. The molecule has 2 rings (SSSR count). The summed E-state index contributed by atoms with van der Waals surface area (Å²) in [6.45, 7) is 1.97. The Morgan fingerprint density at radius 3 is 2.60 bits per heavy atom. The number of hydrogen-bond donors (Lipinski definition) is 3. The van der Waals surface area contributed by atoms with Crippen molar-refractivity contribution in [3.63, 3.8) is 0 Å². The predicted molar refractivity (Wildman–Crippen MR) is 56.7 cm³/mol. The van der Waals surface area contributed by atoms with Crippen LogP contribution < -0.4 is 11.5 Å². The van der Waals surface area contributed by atoms with Crippen LogP contribution >= 0.6 is 0 Å². The molecule has 0 radical (unpaired) electrons. The number of hydroxylamine groups is 2. The fourth-order valence-corrected chi connectivity index (χ4v) is 1.87. The minimum Gasteiger partial charge on any atom is -0.383 e. The lowest BCUT2D eigenvalue weighted by Crippen LogP contribution is -2.47. The number of likely N-dealkylation sites (tertiary alicyclic amines) is 1. The van der Waals surface area contributed by atoms with Gasteiger partial charge < -0.3 is 10.6 Å². The molecule has 6 heteroatoms. The minimum absolute atomic E-state index is 0.248. The van der Waals surface area contributed by atoms with Gasteiger partial charge in [0.05, 0.1) is 0 Å². The van der Waals surface area contributed by atoms with Gasteiger partial charge in [0.2, 0.25) is 6.29 Å². The summed E-state index contributed by atoms with van der Waals surface area (Å²) in [5.41, 5.74) is 11.2. The van der Waals surface area contributed by atoms with E-state index in [0.717, 1.165) is 24.0 Å². The van der Waals surface area contributed by atoms with Crippen LogP contribution in [0.1, 0.15) is 19.3 Å². The molecule has 1 atom stereocenters. The van der Waals surface area contributed by atoms with Crippen LogP contribution in [-0.2, 0) is 0 Å². The van der Waals surface area contributed by atoms with Gasteiger partial charge in [-0.25, -0.2) is 10.1 Å². The molecule has 84 valence electrons. The van der Waals surface area contributed by atoms with Crippen LogP contribution in [0.25, 0.3) is 0 Å². The van der Waals surface area contributed by atoms with Crippen molar-refractivity contribution in [1.82, 2.24) is 9.96 Å². The van der Waals surface area contributed by atoms with Gasteiger partial charge in [0.25, 0.3) is 0 Å². The summed E-state index contributed by atoms with van der Waals surface area (Å²) < 4.78 is 0. The van der Waals surface area contributed by atoms with Crippen LogP contribution in [0.2, 0.25) is 0 Å². The average Bonchev–Trinajstić information content (AvgIpc) is 2.26. The Morgan fingerprint density at radius 2 is 2.00 bits per heavy atom. The number of aliphatic imine (C=N–C) groups is 1. The predicted octanol–water partition coefficient (Wildman–Crippen LogP) is -0.382. The number of hydrogen-bond acceptors (Lipinski definition) is 6. The highest BCUT2D eigenvalue weighted by molar-refractivity contribution is 5.94. The second-order valence-electron chi connectivity index (χ2n) is 3.86. The maximum absolute atomic E-state index is 9.35. The fraction of sp³-hybridized carbons (Fsp3) is 0.667. The number of nitrogens with two attached hydrogens (primary N) is 2. The highest BCUT2D eigenvalue weighted by atomic mass is 16.5. The summed E-state index contributed by atoms with van der Waals surface area (Å²) in [6, 6.07) is 0. The van der Waals surface area contributed by atoms with Crippen LogP contribution in [0.4, 0.5) is 0 Å². The van der Waals surface area contributed by atoms with E-state index in [1.54, 1.807) is 6.08 Å². The van der Waals surface area contributed by atoms with Gasteiger partial charge >= 0.3 is 0 Å². The van der Waals surface area contributed by atoms with Gasteiger partial charge in [0, 0.05) is 19.2 Å². The molecule has 15 heavy (non-hydrogen) atoms. The molecule has 0 saturated carbocycles. The Labute approximate surface area is 88.8 Å². The molecular weight excluding hydrogens is 194 g/mol. The van der Waals surface area contributed by atoms with Crippen LogP contribution in [0.5, 0.6) is 0 Å².